The van der Waals surface area contributed by atoms with Gasteiger partial charge in [0, 0.05) is 26.8 Å². The molecule has 4 N–H and O–H groups in total. The van der Waals surface area contributed by atoms with Crippen molar-refractivity contribution in [1.29, 1.82) is 0 Å². The molecule has 0 aliphatic carbocycles. The van der Waals surface area contributed by atoms with Gasteiger partial charge in [0.1, 0.15) is 5.00 Å². The third-order valence-corrected chi connectivity index (χ3v) is 7.74. The molecule has 0 aliphatic heterocycles. The normalized spacial score (nSPS) is 10.6. The van der Waals surface area contributed by atoms with Gasteiger partial charge in [-0.25, -0.2) is 9.59 Å². The topological polar surface area (TPSA) is 121 Å². The van der Waals surface area contributed by atoms with Gasteiger partial charge in [-0.15, -0.1) is 22.7 Å². The number of urea groups is 2. The van der Waals surface area contributed by atoms with Crippen LogP contribution in [0.1, 0.15) is 11.4 Å². The van der Waals surface area contributed by atoms with Gasteiger partial charge in [-0.05, 0) is 102 Å². The lowest BCUT2D eigenvalue weighted by atomic mass is 10.2. The molecule has 0 fully saturated rings. The molecule has 0 atom stereocenters. The second kappa shape index (κ2) is 11.4. The molecule has 192 valence electrons. The van der Waals surface area contributed by atoms with Crippen molar-refractivity contribution in [2.45, 2.75) is 13.8 Å². The Balaban J connectivity index is 0.000000155. The lowest BCUT2D eigenvalue weighted by Gasteiger charge is -2.05. The first-order valence-corrected chi connectivity index (χ1v) is 13.9. The largest absolute Gasteiger partial charge is 0.338 e. The first kappa shape index (κ1) is 25.4. The number of hydrogen-bond donors (Lipinski definition) is 4. The van der Waals surface area contributed by atoms with Crippen molar-refractivity contribution in [3.63, 3.8) is 0 Å². The zero-order valence-corrected chi connectivity index (χ0v) is 22.7. The van der Waals surface area contributed by atoms with Gasteiger partial charge in [0.05, 0.1) is 11.4 Å². The Kier molecular flexibility index (Phi) is 7.63. The molecule has 9 nitrogen and oxygen atoms in total. The molecule has 4 amide bonds. The smallest absolute Gasteiger partial charge is 0.326 e. The SMILES string of the molecule is Cc1cc(NC(=O)Nc2ccc3sccc3c2)on1.Cc1cc(NC(=O)Nc2ccc3sccc3c2)sn1. The van der Waals surface area contributed by atoms with Gasteiger partial charge in [0.15, 0.2) is 0 Å². The number of amides is 4. The summed E-state index contributed by atoms with van der Waals surface area (Å²) in [5.74, 6) is 0.326. The third-order valence-electron chi connectivity index (χ3n) is 5.15. The fourth-order valence-corrected chi connectivity index (χ4v) is 5.68. The van der Waals surface area contributed by atoms with Crippen LogP contribution in [0.2, 0.25) is 0 Å². The van der Waals surface area contributed by atoms with Gasteiger partial charge in [0.25, 0.3) is 0 Å². The molecular weight excluding hydrogens is 541 g/mol. The highest BCUT2D eigenvalue weighted by Gasteiger charge is 2.08. The van der Waals surface area contributed by atoms with Crippen molar-refractivity contribution >= 4 is 88.7 Å². The second-order valence-corrected chi connectivity index (χ2v) is 10.9. The van der Waals surface area contributed by atoms with E-state index in [0.717, 1.165) is 38.5 Å². The van der Waals surface area contributed by atoms with E-state index in [-0.39, 0.29) is 12.1 Å². The fourth-order valence-electron chi connectivity index (χ4n) is 3.48. The molecule has 0 spiro atoms. The van der Waals surface area contributed by atoms with E-state index < -0.39 is 0 Å². The number of aryl methyl sites for hydroxylation is 2. The lowest BCUT2D eigenvalue weighted by Crippen LogP contribution is -2.18. The zero-order chi connectivity index (χ0) is 26.5. The van der Waals surface area contributed by atoms with Crippen molar-refractivity contribution in [3.8, 4) is 0 Å². The summed E-state index contributed by atoms with van der Waals surface area (Å²) in [5, 5.41) is 21.6. The molecule has 0 aliphatic rings. The summed E-state index contributed by atoms with van der Waals surface area (Å²) in [6, 6.07) is 18.6. The Morgan fingerprint density at radius 1 is 0.711 bits per heavy atom. The van der Waals surface area contributed by atoms with E-state index >= 15 is 0 Å². The van der Waals surface area contributed by atoms with Crippen LogP contribution < -0.4 is 21.3 Å². The summed E-state index contributed by atoms with van der Waals surface area (Å²) in [4.78, 5) is 23.6. The van der Waals surface area contributed by atoms with Gasteiger partial charge in [-0.1, -0.05) is 5.16 Å². The van der Waals surface area contributed by atoms with E-state index in [2.05, 4.69) is 30.8 Å². The molecule has 0 unspecified atom stereocenters. The van der Waals surface area contributed by atoms with Crippen LogP contribution in [-0.2, 0) is 0 Å². The summed E-state index contributed by atoms with van der Waals surface area (Å²) >= 11 is 4.63. The quantitative estimate of drug-likeness (QED) is 0.173. The second-order valence-electron chi connectivity index (χ2n) is 8.17. The Hall–Kier alpha value is -4.26. The number of thiophene rings is 2. The molecule has 0 bridgehead atoms. The van der Waals surface area contributed by atoms with Crippen molar-refractivity contribution < 1.29 is 14.1 Å². The first-order valence-electron chi connectivity index (χ1n) is 11.4. The molecule has 0 radical (unpaired) electrons. The zero-order valence-electron chi connectivity index (χ0n) is 20.3. The molecule has 4 aromatic heterocycles. The van der Waals surface area contributed by atoms with Crippen molar-refractivity contribution in [3.05, 3.63) is 82.8 Å². The first-order chi connectivity index (χ1) is 18.4. The van der Waals surface area contributed by atoms with Gasteiger partial charge >= 0.3 is 12.1 Å². The van der Waals surface area contributed by atoms with E-state index in [0.29, 0.717) is 5.88 Å². The summed E-state index contributed by atoms with van der Waals surface area (Å²) < 4.78 is 11.4. The van der Waals surface area contributed by atoms with Crippen LogP contribution >= 0.6 is 34.2 Å². The number of rotatable bonds is 4. The number of nitrogens with zero attached hydrogens (tertiary/aromatic N) is 2. The number of benzene rings is 2. The van der Waals surface area contributed by atoms with Crippen LogP contribution in [0, 0.1) is 13.8 Å². The van der Waals surface area contributed by atoms with E-state index in [1.807, 2.05) is 72.3 Å². The standard InChI is InChI=1S/C13H11N3O2S.C13H11N3OS2/c1-8-6-12(18-16-8)15-13(17)14-10-2-3-11-9(7-10)4-5-19-11;1-8-6-12(19-16-8)15-13(17)14-10-2-3-11-9(7-10)4-5-18-11/h2*2-7H,1H3,(H2,14,15,17). The van der Waals surface area contributed by atoms with Crippen molar-refractivity contribution in [2.24, 2.45) is 0 Å². The van der Waals surface area contributed by atoms with Crippen LogP contribution in [0.15, 0.2) is 75.9 Å². The minimum atomic E-state index is -0.356. The minimum absolute atomic E-state index is 0.252. The Bertz CT molecular complexity index is 1590. The van der Waals surface area contributed by atoms with Gasteiger partial charge in [-0.3, -0.25) is 10.6 Å². The molecule has 38 heavy (non-hydrogen) atoms. The maximum atomic E-state index is 11.8. The highest BCUT2D eigenvalue weighted by molar-refractivity contribution is 7.17. The summed E-state index contributed by atoms with van der Waals surface area (Å²) in [6.45, 7) is 3.68. The maximum Gasteiger partial charge on any atom is 0.326 e. The maximum absolute atomic E-state index is 11.8. The van der Waals surface area contributed by atoms with Crippen molar-refractivity contribution in [1.82, 2.24) is 9.53 Å². The molecule has 0 saturated heterocycles. The Morgan fingerprint density at radius 2 is 1.32 bits per heavy atom. The van der Waals surface area contributed by atoms with E-state index in [9.17, 15) is 9.59 Å². The molecule has 2 aromatic carbocycles. The molecular formula is C26H22N6O3S3. The van der Waals surface area contributed by atoms with Crippen molar-refractivity contribution in [2.75, 3.05) is 21.3 Å². The predicted octanol–water partition coefficient (Wildman–Crippen LogP) is 8.15. The Morgan fingerprint density at radius 3 is 1.84 bits per heavy atom. The lowest BCUT2D eigenvalue weighted by molar-refractivity contribution is 0.260. The van der Waals surface area contributed by atoms with Gasteiger partial charge in [0.2, 0.25) is 5.88 Å². The van der Waals surface area contributed by atoms with Crippen LogP contribution in [-0.4, -0.2) is 21.6 Å². The molecule has 12 heteroatoms. The number of carbonyl (C=O) groups is 2. The van der Waals surface area contributed by atoms with Crippen LogP contribution in [0.5, 0.6) is 0 Å². The van der Waals surface area contributed by atoms with Gasteiger partial charge < -0.3 is 15.2 Å². The summed E-state index contributed by atoms with van der Waals surface area (Å²) in [7, 11) is 0. The number of hydrogen-bond acceptors (Lipinski definition) is 8. The molecule has 6 rings (SSSR count). The highest BCUT2D eigenvalue weighted by atomic mass is 32.1. The summed E-state index contributed by atoms with van der Waals surface area (Å²) in [6.07, 6.45) is 0. The predicted molar refractivity (Wildman–Crippen MR) is 157 cm³/mol. The van der Waals surface area contributed by atoms with Gasteiger partial charge in [-0.2, -0.15) is 4.37 Å². The van der Waals surface area contributed by atoms with E-state index in [1.165, 1.54) is 20.9 Å². The number of fused-ring (bicyclic) bond motifs is 2. The molecule has 0 saturated carbocycles. The summed E-state index contributed by atoms with van der Waals surface area (Å²) in [5.41, 5.74) is 3.14. The molecule has 6 aromatic rings. The fraction of sp³-hybridized carbons (Fsp3) is 0.0769. The molecule has 4 heterocycles. The number of carbonyl (C=O) groups excluding carboxylic acids is 2. The Labute approximate surface area is 229 Å². The van der Waals surface area contributed by atoms with Crippen LogP contribution in [0.4, 0.5) is 31.8 Å². The number of aromatic nitrogens is 2. The number of anilines is 4. The minimum Gasteiger partial charge on any atom is -0.338 e. The average Bonchev–Trinajstić information content (AvgIpc) is 3.68. The van der Waals surface area contributed by atoms with E-state index in [4.69, 9.17) is 4.52 Å². The number of nitrogens with one attached hydrogen (secondary N) is 4. The van der Waals surface area contributed by atoms with E-state index in [1.54, 1.807) is 35.7 Å². The van der Waals surface area contributed by atoms with Crippen LogP contribution in [0.25, 0.3) is 20.2 Å². The highest BCUT2D eigenvalue weighted by Crippen LogP contribution is 2.25. The third kappa shape index (κ3) is 6.54. The van der Waals surface area contributed by atoms with Crippen LogP contribution in [0.3, 0.4) is 0 Å². The monoisotopic (exact) mass is 562 g/mol. The average molecular weight is 563 g/mol.